The number of carbonyl (C=O) groups is 1. The fraction of sp³-hybridized carbons (Fsp3) is 0.111. The van der Waals surface area contributed by atoms with Gasteiger partial charge in [0.15, 0.2) is 5.57 Å². The third-order valence-electron chi connectivity index (χ3n) is 3.75. The molecule has 0 fully saturated rings. The van der Waals surface area contributed by atoms with Gasteiger partial charge in [-0.15, -0.1) is 0 Å². The van der Waals surface area contributed by atoms with Crippen molar-refractivity contribution >= 4 is 43.3 Å². The van der Waals surface area contributed by atoms with Gasteiger partial charge in [-0.2, -0.15) is 5.26 Å². The first kappa shape index (κ1) is 18.2. The Bertz CT molecular complexity index is 1050. The molecular formula is C18H13BrN2O4S. The molecule has 0 N–H and O–H groups in total. The molecule has 0 unspecified atom stereocenters. The summed E-state index contributed by atoms with van der Waals surface area (Å²) in [6.07, 6.45) is 0. The van der Waals surface area contributed by atoms with E-state index in [0.29, 0.717) is 11.3 Å². The normalized spacial score (nSPS) is 16.6. The van der Waals surface area contributed by atoms with Gasteiger partial charge in [-0.3, -0.25) is 0 Å². The molecule has 2 aromatic rings. The lowest BCUT2D eigenvalue weighted by Crippen LogP contribution is -2.25. The Morgan fingerprint density at radius 2 is 1.85 bits per heavy atom. The number of benzene rings is 2. The van der Waals surface area contributed by atoms with E-state index in [4.69, 9.17) is 4.74 Å². The summed E-state index contributed by atoms with van der Waals surface area (Å²) in [5.41, 5.74) is 0.253. The quantitative estimate of drug-likeness (QED) is 0.420. The van der Waals surface area contributed by atoms with Gasteiger partial charge < -0.3 is 4.74 Å². The van der Waals surface area contributed by atoms with Crippen LogP contribution in [0.25, 0.3) is 5.70 Å². The smallest absolute Gasteiger partial charge is 0.351 e. The van der Waals surface area contributed by atoms with Gasteiger partial charge in [0.2, 0.25) is 0 Å². The summed E-state index contributed by atoms with van der Waals surface area (Å²) < 4.78 is 32.9. The van der Waals surface area contributed by atoms with Crippen LogP contribution in [0.15, 0.2) is 63.5 Å². The molecule has 132 valence electrons. The van der Waals surface area contributed by atoms with Crippen molar-refractivity contribution in [2.75, 3.05) is 10.9 Å². The molecule has 0 aliphatic carbocycles. The highest BCUT2D eigenvalue weighted by Crippen LogP contribution is 2.43. The number of hydrogen-bond acceptors (Lipinski definition) is 5. The Balaban J connectivity index is 2.35. The van der Waals surface area contributed by atoms with Gasteiger partial charge in [-0.25, -0.2) is 17.5 Å². The molecule has 1 aliphatic rings. The molecule has 3 rings (SSSR count). The second-order valence-corrected chi connectivity index (χ2v) is 7.97. The van der Waals surface area contributed by atoms with Crippen LogP contribution in [0.1, 0.15) is 12.5 Å². The zero-order valence-electron chi connectivity index (χ0n) is 13.6. The van der Waals surface area contributed by atoms with Gasteiger partial charge >= 0.3 is 5.97 Å². The van der Waals surface area contributed by atoms with Gasteiger partial charge in [0.25, 0.3) is 10.0 Å². The van der Waals surface area contributed by atoms with Crippen LogP contribution in [-0.4, -0.2) is 21.0 Å². The van der Waals surface area contributed by atoms with Gasteiger partial charge in [-0.1, -0.05) is 34.1 Å². The highest BCUT2D eigenvalue weighted by molar-refractivity contribution is 9.10. The highest BCUT2D eigenvalue weighted by atomic mass is 79.9. The average Bonchev–Trinajstić information content (AvgIpc) is 2.85. The van der Waals surface area contributed by atoms with Crippen molar-refractivity contribution in [1.82, 2.24) is 0 Å². The minimum absolute atomic E-state index is 0.00359. The Morgan fingerprint density at radius 3 is 2.46 bits per heavy atom. The van der Waals surface area contributed by atoms with Crippen molar-refractivity contribution in [2.24, 2.45) is 0 Å². The van der Waals surface area contributed by atoms with E-state index >= 15 is 0 Å². The van der Waals surface area contributed by atoms with Crippen LogP contribution in [0.4, 0.5) is 5.69 Å². The maximum Gasteiger partial charge on any atom is 0.351 e. The number of ether oxygens (including phenoxy) is 1. The predicted octanol–water partition coefficient (Wildman–Crippen LogP) is 3.46. The number of rotatable bonds is 3. The Labute approximate surface area is 159 Å². The molecule has 6 nitrogen and oxygen atoms in total. The van der Waals surface area contributed by atoms with Gasteiger partial charge in [0, 0.05) is 10.0 Å². The molecule has 0 saturated heterocycles. The number of esters is 1. The molecule has 26 heavy (non-hydrogen) atoms. The summed E-state index contributed by atoms with van der Waals surface area (Å²) in [6, 6.07) is 14.6. The Kier molecular flexibility index (Phi) is 4.85. The standard InChI is InChI=1S/C18H13BrN2O4S/c1-2-25-18(22)15(11-20)17-14-5-3-4-6-16(14)26(23,24)21(17)13-9-7-12(19)8-10-13/h3-10H,2H2,1H3/b17-15-. The molecule has 0 radical (unpaired) electrons. The van der Waals surface area contributed by atoms with E-state index in [0.717, 1.165) is 8.78 Å². The molecule has 1 aliphatic heterocycles. The molecular weight excluding hydrogens is 420 g/mol. The first-order valence-electron chi connectivity index (χ1n) is 7.63. The van der Waals surface area contributed by atoms with Gasteiger partial charge in [0.1, 0.15) is 6.07 Å². The molecule has 0 saturated carbocycles. The molecule has 0 spiro atoms. The summed E-state index contributed by atoms with van der Waals surface area (Å²) in [5.74, 6) is -0.862. The maximum atomic E-state index is 13.1. The summed E-state index contributed by atoms with van der Waals surface area (Å²) >= 11 is 3.31. The van der Waals surface area contributed by atoms with Crippen LogP contribution in [0.5, 0.6) is 0 Å². The lowest BCUT2D eigenvalue weighted by atomic mass is 10.1. The monoisotopic (exact) mass is 432 g/mol. The molecule has 0 aromatic heterocycles. The number of fused-ring (bicyclic) bond motifs is 1. The van der Waals surface area contributed by atoms with E-state index in [1.165, 1.54) is 6.07 Å². The van der Waals surface area contributed by atoms with Crippen LogP contribution in [-0.2, 0) is 19.6 Å². The third-order valence-corrected chi connectivity index (χ3v) is 6.07. The minimum atomic E-state index is -3.96. The topological polar surface area (TPSA) is 87.5 Å². The van der Waals surface area contributed by atoms with Crippen LogP contribution in [0, 0.1) is 11.3 Å². The fourth-order valence-corrected chi connectivity index (χ4v) is 4.68. The molecule has 0 atom stereocenters. The Hall–Kier alpha value is -2.63. The highest BCUT2D eigenvalue weighted by Gasteiger charge is 2.42. The number of hydrogen-bond donors (Lipinski definition) is 0. The second kappa shape index (κ2) is 6.94. The first-order valence-corrected chi connectivity index (χ1v) is 9.87. The molecule has 2 aromatic carbocycles. The summed E-state index contributed by atoms with van der Waals surface area (Å²) in [7, 11) is -3.96. The van der Waals surface area contributed by atoms with Gasteiger partial charge in [0.05, 0.1) is 22.9 Å². The third kappa shape index (κ3) is 2.89. The Morgan fingerprint density at radius 1 is 1.19 bits per heavy atom. The van der Waals surface area contributed by atoms with Crippen molar-refractivity contribution in [3.63, 3.8) is 0 Å². The maximum absolute atomic E-state index is 13.1. The number of anilines is 1. The number of nitrogens with zero attached hydrogens (tertiary/aromatic N) is 2. The van der Waals surface area contributed by atoms with Crippen LogP contribution < -0.4 is 4.31 Å². The van der Waals surface area contributed by atoms with E-state index < -0.39 is 16.0 Å². The van der Waals surface area contributed by atoms with Crippen LogP contribution >= 0.6 is 15.9 Å². The number of sulfonamides is 1. The molecule has 8 heteroatoms. The van der Waals surface area contributed by atoms with Crippen molar-refractivity contribution < 1.29 is 17.9 Å². The largest absolute Gasteiger partial charge is 0.462 e. The number of carbonyl (C=O) groups excluding carboxylic acids is 1. The number of halogens is 1. The van der Waals surface area contributed by atoms with Crippen molar-refractivity contribution in [2.45, 2.75) is 11.8 Å². The SMILES string of the molecule is CCOC(=O)/C(C#N)=C1/c2ccccc2S(=O)(=O)N1c1ccc(Br)cc1. The van der Waals surface area contributed by atoms with Crippen molar-refractivity contribution in [3.05, 3.63) is 64.1 Å². The average molecular weight is 433 g/mol. The zero-order chi connectivity index (χ0) is 18.9. The lowest BCUT2D eigenvalue weighted by molar-refractivity contribution is -0.137. The zero-order valence-corrected chi connectivity index (χ0v) is 16.0. The minimum Gasteiger partial charge on any atom is -0.462 e. The molecule has 0 bridgehead atoms. The van der Waals surface area contributed by atoms with E-state index in [9.17, 15) is 18.5 Å². The van der Waals surface area contributed by atoms with Crippen molar-refractivity contribution in [3.8, 4) is 6.07 Å². The van der Waals surface area contributed by atoms with E-state index in [1.54, 1.807) is 49.4 Å². The molecule has 0 amide bonds. The summed E-state index contributed by atoms with van der Waals surface area (Å²) in [6.45, 7) is 1.69. The molecule has 1 heterocycles. The van der Waals surface area contributed by atoms with E-state index in [1.807, 2.05) is 6.07 Å². The summed E-state index contributed by atoms with van der Waals surface area (Å²) in [5, 5.41) is 9.55. The number of nitriles is 1. The first-order chi connectivity index (χ1) is 12.4. The van der Waals surface area contributed by atoms with Crippen molar-refractivity contribution in [1.29, 1.82) is 5.26 Å². The lowest BCUT2D eigenvalue weighted by Gasteiger charge is -2.20. The second-order valence-electron chi connectivity index (χ2n) is 5.30. The van der Waals surface area contributed by atoms with E-state index in [2.05, 4.69) is 15.9 Å². The van der Waals surface area contributed by atoms with Crippen LogP contribution in [0.2, 0.25) is 0 Å². The van der Waals surface area contributed by atoms with E-state index in [-0.39, 0.29) is 22.8 Å². The van der Waals surface area contributed by atoms with Crippen LogP contribution in [0.3, 0.4) is 0 Å². The van der Waals surface area contributed by atoms with Gasteiger partial charge in [-0.05, 0) is 37.3 Å². The summed E-state index contributed by atoms with van der Waals surface area (Å²) in [4.78, 5) is 12.3. The predicted molar refractivity (Wildman–Crippen MR) is 99.4 cm³/mol. The fourth-order valence-electron chi connectivity index (χ4n) is 2.69.